The predicted molar refractivity (Wildman–Crippen MR) is 76.7 cm³/mol. The van der Waals surface area contributed by atoms with Crippen LogP contribution in [0.4, 0.5) is 0 Å². The molecule has 0 bridgehead atoms. The smallest absolute Gasteiger partial charge is 0.308 e. The number of rotatable bonds is 5. The molecule has 4 heteroatoms. The van der Waals surface area contributed by atoms with E-state index in [2.05, 4.69) is 5.32 Å². The molecule has 1 aromatic carbocycles. The summed E-state index contributed by atoms with van der Waals surface area (Å²) in [5.74, 6) is -1.24. The van der Waals surface area contributed by atoms with Crippen molar-refractivity contribution >= 4 is 11.9 Å². The minimum atomic E-state index is -0.809. The van der Waals surface area contributed by atoms with Gasteiger partial charge in [-0.3, -0.25) is 9.59 Å². The van der Waals surface area contributed by atoms with Gasteiger partial charge in [0.15, 0.2) is 0 Å². The summed E-state index contributed by atoms with van der Waals surface area (Å²) in [6.07, 6.45) is 3.01. The Balaban J connectivity index is 2.00. The fraction of sp³-hybridized carbons (Fsp3) is 0.500. The Bertz CT molecular complexity index is 520. The number of hydrogen-bond acceptors (Lipinski definition) is 2. The molecule has 2 rings (SSSR count). The molecule has 2 N–H and O–H groups in total. The summed E-state index contributed by atoms with van der Waals surface area (Å²) >= 11 is 0. The highest BCUT2D eigenvalue weighted by molar-refractivity contribution is 5.96. The quantitative estimate of drug-likeness (QED) is 0.867. The van der Waals surface area contributed by atoms with Gasteiger partial charge in [-0.1, -0.05) is 24.1 Å². The average Bonchev–Trinajstić information content (AvgIpc) is 2.34. The lowest BCUT2D eigenvalue weighted by Crippen LogP contribution is -2.39. The van der Waals surface area contributed by atoms with E-state index in [0.717, 1.165) is 30.4 Å². The van der Waals surface area contributed by atoms with Crippen molar-refractivity contribution in [3.8, 4) is 0 Å². The van der Waals surface area contributed by atoms with Crippen LogP contribution in [-0.2, 0) is 4.79 Å². The first kappa shape index (κ1) is 14.6. The van der Waals surface area contributed by atoms with Crippen LogP contribution in [0.15, 0.2) is 18.2 Å². The molecule has 1 aliphatic rings. The molecule has 0 aromatic heterocycles. The lowest BCUT2D eigenvalue weighted by atomic mass is 9.76. The van der Waals surface area contributed by atoms with Crippen LogP contribution < -0.4 is 5.32 Å². The highest BCUT2D eigenvalue weighted by Gasteiger charge is 2.32. The summed E-state index contributed by atoms with van der Waals surface area (Å²) in [6, 6.07) is 5.70. The van der Waals surface area contributed by atoms with E-state index in [9.17, 15) is 14.7 Å². The molecule has 0 saturated heterocycles. The first-order valence-corrected chi connectivity index (χ1v) is 7.07. The van der Waals surface area contributed by atoms with E-state index in [1.54, 1.807) is 0 Å². The van der Waals surface area contributed by atoms with Crippen molar-refractivity contribution in [2.24, 2.45) is 11.8 Å². The van der Waals surface area contributed by atoms with Crippen LogP contribution in [0.2, 0.25) is 0 Å². The standard InChI is InChI=1S/C16H21NO3/c1-10-6-7-11(2)13(8-10)15(18)17-9-14(16(19)20)12-4-3-5-12/h6-8,12,14H,3-5,9H2,1-2H3,(H,17,18)(H,19,20). The summed E-state index contributed by atoms with van der Waals surface area (Å²) < 4.78 is 0. The molecule has 0 spiro atoms. The molecule has 1 aliphatic carbocycles. The van der Waals surface area contributed by atoms with Gasteiger partial charge >= 0.3 is 5.97 Å². The number of benzene rings is 1. The number of carboxylic acid groups (broad SMARTS) is 1. The van der Waals surface area contributed by atoms with Crippen LogP contribution in [0, 0.1) is 25.7 Å². The molecule has 4 nitrogen and oxygen atoms in total. The van der Waals surface area contributed by atoms with Crippen molar-refractivity contribution in [2.45, 2.75) is 33.1 Å². The van der Waals surface area contributed by atoms with Crippen molar-refractivity contribution in [3.05, 3.63) is 34.9 Å². The second kappa shape index (κ2) is 6.07. The number of hydrogen-bond donors (Lipinski definition) is 2. The lowest BCUT2D eigenvalue weighted by Gasteiger charge is -2.31. The number of aryl methyl sites for hydroxylation is 2. The Morgan fingerprint density at radius 2 is 2.05 bits per heavy atom. The molecule has 1 amide bonds. The molecule has 1 atom stereocenters. The summed E-state index contributed by atoms with van der Waals surface area (Å²) in [4.78, 5) is 23.4. The maximum Gasteiger partial charge on any atom is 0.308 e. The van der Waals surface area contributed by atoms with E-state index in [-0.39, 0.29) is 18.4 Å². The van der Waals surface area contributed by atoms with Crippen LogP contribution in [0.1, 0.15) is 40.7 Å². The maximum absolute atomic E-state index is 12.2. The van der Waals surface area contributed by atoms with Crippen LogP contribution in [0.3, 0.4) is 0 Å². The minimum Gasteiger partial charge on any atom is -0.481 e. The highest BCUT2D eigenvalue weighted by atomic mass is 16.4. The Kier molecular flexibility index (Phi) is 4.42. The zero-order valence-electron chi connectivity index (χ0n) is 12.0. The van der Waals surface area contributed by atoms with E-state index in [1.165, 1.54) is 0 Å². The average molecular weight is 275 g/mol. The van der Waals surface area contributed by atoms with Gasteiger partial charge in [-0.2, -0.15) is 0 Å². The molecule has 0 heterocycles. The molecule has 1 unspecified atom stereocenters. The van der Waals surface area contributed by atoms with E-state index in [0.29, 0.717) is 5.56 Å². The van der Waals surface area contributed by atoms with Gasteiger partial charge in [-0.15, -0.1) is 0 Å². The van der Waals surface area contributed by atoms with Gasteiger partial charge in [0.2, 0.25) is 0 Å². The zero-order chi connectivity index (χ0) is 14.7. The third-order valence-electron chi connectivity index (χ3n) is 4.16. The third kappa shape index (κ3) is 3.18. The Labute approximate surface area is 119 Å². The molecular formula is C16H21NO3. The van der Waals surface area contributed by atoms with Gasteiger partial charge in [0.05, 0.1) is 5.92 Å². The predicted octanol–water partition coefficient (Wildman–Crippen LogP) is 2.53. The fourth-order valence-corrected chi connectivity index (χ4v) is 2.58. The second-order valence-corrected chi connectivity index (χ2v) is 5.66. The van der Waals surface area contributed by atoms with Crippen molar-refractivity contribution in [2.75, 3.05) is 6.54 Å². The molecule has 20 heavy (non-hydrogen) atoms. The van der Waals surface area contributed by atoms with Gasteiger partial charge in [-0.25, -0.2) is 0 Å². The molecule has 1 aromatic rings. The first-order valence-electron chi connectivity index (χ1n) is 7.07. The Hall–Kier alpha value is -1.84. The lowest BCUT2D eigenvalue weighted by molar-refractivity contribution is -0.144. The maximum atomic E-state index is 12.2. The molecule has 0 radical (unpaired) electrons. The van der Waals surface area contributed by atoms with Crippen molar-refractivity contribution in [1.29, 1.82) is 0 Å². The van der Waals surface area contributed by atoms with E-state index in [1.807, 2.05) is 32.0 Å². The molecular weight excluding hydrogens is 254 g/mol. The van der Waals surface area contributed by atoms with Crippen molar-refractivity contribution in [3.63, 3.8) is 0 Å². The van der Waals surface area contributed by atoms with E-state index in [4.69, 9.17) is 0 Å². The number of nitrogens with one attached hydrogen (secondary N) is 1. The van der Waals surface area contributed by atoms with E-state index >= 15 is 0 Å². The van der Waals surface area contributed by atoms with Gasteiger partial charge in [0, 0.05) is 12.1 Å². The highest BCUT2D eigenvalue weighted by Crippen LogP contribution is 2.33. The first-order chi connectivity index (χ1) is 9.49. The van der Waals surface area contributed by atoms with Gasteiger partial charge in [-0.05, 0) is 44.2 Å². The second-order valence-electron chi connectivity index (χ2n) is 5.66. The molecule has 1 fully saturated rings. The number of carbonyl (C=O) groups is 2. The number of amides is 1. The number of carbonyl (C=O) groups excluding carboxylic acids is 1. The SMILES string of the molecule is Cc1ccc(C)c(C(=O)NCC(C(=O)O)C2CCC2)c1. The van der Waals surface area contributed by atoms with Crippen molar-refractivity contribution < 1.29 is 14.7 Å². The number of aliphatic carboxylic acids is 1. The summed E-state index contributed by atoms with van der Waals surface area (Å²) in [6.45, 7) is 4.03. The molecule has 108 valence electrons. The monoisotopic (exact) mass is 275 g/mol. The summed E-state index contributed by atoms with van der Waals surface area (Å²) in [5.41, 5.74) is 2.56. The summed E-state index contributed by atoms with van der Waals surface area (Å²) in [7, 11) is 0. The van der Waals surface area contributed by atoms with Crippen LogP contribution in [0.25, 0.3) is 0 Å². The fourth-order valence-electron chi connectivity index (χ4n) is 2.58. The van der Waals surface area contributed by atoms with Crippen LogP contribution >= 0.6 is 0 Å². The van der Waals surface area contributed by atoms with E-state index < -0.39 is 11.9 Å². The summed E-state index contributed by atoms with van der Waals surface area (Å²) in [5, 5.41) is 12.0. The van der Waals surface area contributed by atoms with Gasteiger partial charge in [0.25, 0.3) is 5.91 Å². The minimum absolute atomic E-state index is 0.184. The largest absolute Gasteiger partial charge is 0.481 e. The normalized spacial score (nSPS) is 16.3. The Morgan fingerprint density at radius 1 is 1.35 bits per heavy atom. The van der Waals surface area contributed by atoms with Crippen LogP contribution in [-0.4, -0.2) is 23.5 Å². The zero-order valence-corrected chi connectivity index (χ0v) is 12.0. The van der Waals surface area contributed by atoms with Gasteiger partial charge < -0.3 is 10.4 Å². The van der Waals surface area contributed by atoms with Crippen molar-refractivity contribution in [1.82, 2.24) is 5.32 Å². The number of carboxylic acids is 1. The third-order valence-corrected chi connectivity index (χ3v) is 4.16. The van der Waals surface area contributed by atoms with Crippen LogP contribution in [0.5, 0.6) is 0 Å². The topological polar surface area (TPSA) is 66.4 Å². The molecule has 0 aliphatic heterocycles. The Morgan fingerprint density at radius 3 is 2.60 bits per heavy atom. The molecule has 1 saturated carbocycles. The van der Waals surface area contributed by atoms with Gasteiger partial charge in [0.1, 0.15) is 0 Å².